The van der Waals surface area contributed by atoms with Crippen molar-refractivity contribution in [3.8, 4) is 0 Å². The van der Waals surface area contributed by atoms with Gasteiger partial charge in [0.05, 0.1) is 0 Å². The van der Waals surface area contributed by atoms with E-state index in [9.17, 15) is 0 Å². The Kier molecular flexibility index (Phi) is 5.06. The van der Waals surface area contributed by atoms with E-state index in [2.05, 4.69) is 50.6 Å². The Morgan fingerprint density at radius 1 is 1.08 bits per heavy atom. The summed E-state index contributed by atoms with van der Waals surface area (Å²) < 4.78 is 8.60. The Balaban J connectivity index is 4.45. The lowest BCUT2D eigenvalue weighted by atomic mass is 11.0. The second-order valence-electron chi connectivity index (χ2n) is 5.27. The van der Waals surface area contributed by atoms with Crippen LogP contribution >= 0.6 is 0 Å². The van der Waals surface area contributed by atoms with Crippen molar-refractivity contribution in [3.05, 3.63) is 0 Å². The zero-order valence-electron chi connectivity index (χ0n) is 10.1. The molecular formula is C8H24N2SSi2. The summed E-state index contributed by atoms with van der Waals surface area (Å²) >= 11 is 0. The molecule has 0 aromatic rings. The number of nitrogens with zero attached hydrogens (tertiary/aromatic N) is 1. The lowest BCUT2D eigenvalue weighted by Crippen LogP contribution is -2.43. The average molecular weight is 237 g/mol. The molecule has 2 nitrogen and oxygen atoms in total. The monoisotopic (exact) mass is 236 g/mol. The summed E-state index contributed by atoms with van der Waals surface area (Å²) in [6.07, 6.45) is 0. The van der Waals surface area contributed by atoms with E-state index >= 15 is 0 Å². The predicted octanol–water partition coefficient (Wildman–Crippen LogP) is 2.98. The number of hydrogen-bond donors (Lipinski definition) is 1. The fourth-order valence-electron chi connectivity index (χ4n) is 0.844. The molecule has 0 heterocycles. The van der Waals surface area contributed by atoms with Crippen LogP contribution in [0.2, 0.25) is 39.3 Å². The highest BCUT2D eigenvalue weighted by molar-refractivity contribution is 7.87. The predicted molar refractivity (Wildman–Crippen MR) is 70.2 cm³/mol. The molecule has 5 heteroatoms. The smallest absolute Gasteiger partial charge is 0.183 e. The minimum absolute atomic E-state index is 0.128. The van der Waals surface area contributed by atoms with E-state index in [4.69, 9.17) is 4.03 Å². The molecule has 0 rings (SSSR count). The molecule has 0 aromatic heterocycles. The van der Waals surface area contributed by atoms with Crippen molar-refractivity contribution in [2.24, 2.45) is 4.03 Å². The summed E-state index contributed by atoms with van der Waals surface area (Å²) in [7, 11) is -2.27. The molecule has 1 atom stereocenters. The number of nitrogens with one attached hydrogen (secondary N) is 1. The normalized spacial score (nSPS) is 16.2. The van der Waals surface area contributed by atoms with Crippen LogP contribution in [0.5, 0.6) is 0 Å². The van der Waals surface area contributed by atoms with E-state index in [0.717, 1.165) is 5.75 Å². The molecule has 0 fully saturated rings. The van der Waals surface area contributed by atoms with Crippen LogP contribution in [0, 0.1) is 0 Å². The van der Waals surface area contributed by atoms with Gasteiger partial charge in [-0.3, -0.25) is 8.42 Å². The van der Waals surface area contributed by atoms with E-state index in [-0.39, 0.29) is 10.9 Å². The zero-order valence-corrected chi connectivity index (χ0v) is 12.9. The molecule has 0 saturated heterocycles. The summed E-state index contributed by atoms with van der Waals surface area (Å²) in [5.74, 6) is 1.15. The van der Waals surface area contributed by atoms with Crippen molar-refractivity contribution in [2.75, 3.05) is 5.75 Å². The van der Waals surface area contributed by atoms with Crippen LogP contribution in [0.15, 0.2) is 4.03 Å². The minimum atomic E-state index is -1.24. The molecule has 0 spiro atoms. The van der Waals surface area contributed by atoms with Crippen molar-refractivity contribution in [1.29, 1.82) is 0 Å². The highest BCUT2D eigenvalue weighted by Gasteiger charge is 2.17. The maximum absolute atomic E-state index is 4.90. The standard InChI is InChI=1S/C8H24N2SSi2/c1-8-11(9-12(2,3)4)10-13(5,6)7/h8H2,1-7H3,(H,9,10). The van der Waals surface area contributed by atoms with Gasteiger partial charge in [-0.2, -0.15) is 0 Å². The Labute approximate surface area is 87.9 Å². The molecule has 0 unspecified atom stereocenters. The highest BCUT2D eigenvalue weighted by Crippen LogP contribution is 2.06. The largest absolute Gasteiger partial charge is 0.291 e. The highest BCUT2D eigenvalue weighted by atomic mass is 32.2. The van der Waals surface area contributed by atoms with Gasteiger partial charge < -0.3 is 0 Å². The molecule has 0 amide bonds. The minimum Gasteiger partial charge on any atom is -0.291 e. The van der Waals surface area contributed by atoms with Crippen molar-refractivity contribution in [1.82, 2.24) is 4.39 Å². The van der Waals surface area contributed by atoms with Crippen molar-refractivity contribution < 1.29 is 0 Å². The van der Waals surface area contributed by atoms with Gasteiger partial charge in [0.15, 0.2) is 8.24 Å². The van der Waals surface area contributed by atoms with Gasteiger partial charge in [-0.25, -0.2) is 0 Å². The third-order valence-corrected chi connectivity index (χ3v) is 8.09. The van der Waals surface area contributed by atoms with Gasteiger partial charge >= 0.3 is 0 Å². The van der Waals surface area contributed by atoms with Crippen LogP contribution in [0.4, 0.5) is 0 Å². The van der Waals surface area contributed by atoms with E-state index in [1.54, 1.807) is 0 Å². The first kappa shape index (κ1) is 13.5. The second-order valence-corrected chi connectivity index (χ2v) is 17.0. The molecule has 0 aromatic carbocycles. The quantitative estimate of drug-likeness (QED) is 0.746. The van der Waals surface area contributed by atoms with Crippen LogP contribution in [0.25, 0.3) is 0 Å². The zero-order chi connectivity index (χ0) is 10.7. The molecule has 1 N–H and O–H groups in total. The van der Waals surface area contributed by atoms with Gasteiger partial charge in [-0.15, -0.1) is 0 Å². The van der Waals surface area contributed by atoms with Crippen LogP contribution < -0.4 is 4.39 Å². The number of hydrogen-bond acceptors (Lipinski definition) is 1. The van der Waals surface area contributed by atoms with Crippen LogP contribution in [0.3, 0.4) is 0 Å². The van der Waals surface area contributed by atoms with Crippen molar-refractivity contribution >= 4 is 27.3 Å². The second kappa shape index (κ2) is 4.86. The molecule has 0 aliphatic heterocycles. The molecule has 0 aliphatic rings. The van der Waals surface area contributed by atoms with E-state index in [1.165, 1.54) is 0 Å². The van der Waals surface area contributed by atoms with E-state index in [0.29, 0.717) is 0 Å². The van der Waals surface area contributed by atoms with Gasteiger partial charge in [0.2, 0.25) is 0 Å². The van der Waals surface area contributed by atoms with Gasteiger partial charge in [0.25, 0.3) is 0 Å². The summed E-state index contributed by atoms with van der Waals surface area (Å²) in [4.78, 5) is 0. The Morgan fingerprint density at radius 2 is 1.54 bits per heavy atom. The lowest BCUT2D eigenvalue weighted by molar-refractivity contribution is 1.38. The molecular weight excluding hydrogens is 212 g/mol. The number of rotatable bonds is 4. The molecule has 13 heavy (non-hydrogen) atoms. The summed E-state index contributed by atoms with van der Waals surface area (Å²) in [6, 6.07) is 0. The van der Waals surface area contributed by atoms with Crippen LogP contribution in [-0.2, 0) is 10.9 Å². The van der Waals surface area contributed by atoms with Crippen LogP contribution in [0.1, 0.15) is 6.92 Å². The summed E-state index contributed by atoms with van der Waals surface area (Å²) in [5, 5.41) is 0. The van der Waals surface area contributed by atoms with E-state index in [1.807, 2.05) is 0 Å². The topological polar surface area (TPSA) is 24.4 Å². The first-order chi connectivity index (χ1) is 5.64. The summed E-state index contributed by atoms with van der Waals surface area (Å²) in [6.45, 7) is 16.1. The third-order valence-electron chi connectivity index (χ3n) is 1.08. The maximum atomic E-state index is 4.90. The first-order valence-electron chi connectivity index (χ1n) is 4.86. The molecule has 0 bridgehead atoms. The van der Waals surface area contributed by atoms with Crippen LogP contribution in [-0.4, -0.2) is 22.2 Å². The lowest BCUT2D eigenvalue weighted by Gasteiger charge is -2.22. The Morgan fingerprint density at radius 3 is 1.77 bits per heavy atom. The fourth-order valence-corrected chi connectivity index (χ4v) is 8.00. The van der Waals surface area contributed by atoms with E-state index < -0.39 is 16.5 Å². The summed E-state index contributed by atoms with van der Waals surface area (Å²) in [5.41, 5.74) is 0. The first-order valence-corrected chi connectivity index (χ1v) is 13.2. The average Bonchev–Trinajstić information content (AvgIpc) is 1.79. The van der Waals surface area contributed by atoms with Gasteiger partial charge in [-0.05, 0) is 19.6 Å². The van der Waals surface area contributed by atoms with Crippen molar-refractivity contribution in [2.45, 2.75) is 46.2 Å². The molecule has 0 radical (unpaired) electrons. The Hall–Kier alpha value is 0.544. The maximum Gasteiger partial charge on any atom is 0.183 e. The molecule has 0 saturated carbocycles. The van der Waals surface area contributed by atoms with Gasteiger partial charge in [0.1, 0.15) is 8.24 Å². The van der Waals surface area contributed by atoms with Gasteiger partial charge in [0, 0.05) is 5.75 Å². The Bertz CT molecular complexity index is 191. The van der Waals surface area contributed by atoms with Crippen molar-refractivity contribution in [3.63, 3.8) is 0 Å². The molecule has 80 valence electrons. The SMILES string of the molecule is CC/[S@](=N\[Si](C)(C)C)N[Si](C)(C)C. The van der Waals surface area contributed by atoms with Gasteiger partial charge in [-0.1, -0.05) is 37.4 Å². The fraction of sp³-hybridized carbons (Fsp3) is 1.00. The third kappa shape index (κ3) is 8.86. The molecule has 0 aliphatic carbocycles.